The molecule has 55 valence electrons. The summed E-state index contributed by atoms with van der Waals surface area (Å²) in [5, 5.41) is 2.20. The van der Waals surface area contributed by atoms with Crippen LogP contribution in [0.15, 0.2) is 24.3 Å². The molecule has 1 aromatic rings. The molecule has 1 aliphatic rings. The number of rotatable bonds is 0. The fourth-order valence-electron chi connectivity index (χ4n) is 1.12. The zero-order chi connectivity index (χ0) is 7.84. The summed E-state index contributed by atoms with van der Waals surface area (Å²) in [5.41, 5.74) is 0.940. The van der Waals surface area contributed by atoms with Crippen molar-refractivity contribution in [3.05, 3.63) is 35.4 Å². The van der Waals surface area contributed by atoms with Crippen LogP contribution in [-0.2, 0) is 0 Å². The van der Waals surface area contributed by atoms with Gasteiger partial charge < -0.3 is 0 Å². The van der Waals surface area contributed by atoms with Crippen molar-refractivity contribution in [2.24, 2.45) is 0 Å². The number of carbonyl (C=O) groups excluding carboxylic acids is 2. The molecule has 1 aliphatic heterocycles. The molecule has 1 radical (unpaired) electrons. The van der Waals surface area contributed by atoms with Crippen LogP contribution in [0.5, 0.6) is 0 Å². The third kappa shape index (κ3) is 1.68. The molecule has 0 saturated carbocycles. The molecule has 0 fully saturated rings. The van der Waals surface area contributed by atoms with Crippen molar-refractivity contribution >= 4 is 80.7 Å². The quantitative estimate of drug-likeness (QED) is 0.690. The molecular formula is C8H5CsNO2. The largest absolute Gasteiger partial charge is 0.288 e. The van der Waals surface area contributed by atoms with Gasteiger partial charge in [-0.1, -0.05) is 12.1 Å². The van der Waals surface area contributed by atoms with Crippen molar-refractivity contribution in [3.63, 3.8) is 0 Å². The number of benzene rings is 1. The molecule has 1 aromatic carbocycles. The fourth-order valence-corrected chi connectivity index (χ4v) is 1.12. The maximum Gasteiger partial charge on any atom is 0.258 e. The van der Waals surface area contributed by atoms with Crippen LogP contribution in [-0.4, -0.2) is 80.7 Å². The molecule has 0 atom stereocenters. The van der Waals surface area contributed by atoms with Crippen LogP contribution in [0.3, 0.4) is 0 Å². The van der Waals surface area contributed by atoms with Crippen molar-refractivity contribution in [1.82, 2.24) is 5.32 Å². The van der Waals surface area contributed by atoms with Crippen LogP contribution in [0.4, 0.5) is 0 Å². The number of nitrogens with one attached hydrogen (secondary N) is 1. The van der Waals surface area contributed by atoms with Gasteiger partial charge in [-0.2, -0.15) is 0 Å². The van der Waals surface area contributed by atoms with Crippen molar-refractivity contribution in [1.29, 1.82) is 0 Å². The number of hydrogen-bond acceptors (Lipinski definition) is 2. The number of hydrogen-bond donors (Lipinski definition) is 1. The Morgan fingerprint density at radius 3 is 1.75 bits per heavy atom. The summed E-state index contributed by atoms with van der Waals surface area (Å²) in [6.07, 6.45) is 0. The first kappa shape index (κ1) is 10.5. The van der Waals surface area contributed by atoms with E-state index in [-0.39, 0.29) is 80.7 Å². The second-order valence-corrected chi connectivity index (χ2v) is 2.33. The van der Waals surface area contributed by atoms with Gasteiger partial charge in [0.15, 0.2) is 0 Å². The molecule has 0 unspecified atom stereocenters. The Balaban J connectivity index is 0.000000720. The summed E-state index contributed by atoms with van der Waals surface area (Å²) in [5.74, 6) is -0.601. The van der Waals surface area contributed by atoms with E-state index < -0.39 is 0 Å². The zero-order valence-corrected chi connectivity index (χ0v) is 12.9. The van der Waals surface area contributed by atoms with Gasteiger partial charge in [0.25, 0.3) is 11.8 Å². The number of amides is 2. The maximum atomic E-state index is 10.9. The van der Waals surface area contributed by atoms with Gasteiger partial charge >= 0.3 is 0 Å². The van der Waals surface area contributed by atoms with Gasteiger partial charge in [0.1, 0.15) is 0 Å². The summed E-state index contributed by atoms with van der Waals surface area (Å²) in [6, 6.07) is 6.74. The van der Waals surface area contributed by atoms with Crippen molar-refractivity contribution in [3.8, 4) is 0 Å². The van der Waals surface area contributed by atoms with Gasteiger partial charge in [-0.15, -0.1) is 0 Å². The molecule has 1 heterocycles. The average molecular weight is 280 g/mol. The zero-order valence-electron chi connectivity index (χ0n) is 6.63. The first-order valence-corrected chi connectivity index (χ1v) is 3.24. The van der Waals surface area contributed by atoms with Gasteiger partial charge in [0.2, 0.25) is 0 Å². The third-order valence-electron chi connectivity index (χ3n) is 1.64. The third-order valence-corrected chi connectivity index (χ3v) is 1.64. The van der Waals surface area contributed by atoms with Crippen molar-refractivity contribution in [2.45, 2.75) is 0 Å². The molecule has 3 nitrogen and oxygen atoms in total. The minimum atomic E-state index is -0.300. The molecule has 12 heavy (non-hydrogen) atoms. The van der Waals surface area contributed by atoms with Crippen LogP contribution in [0.1, 0.15) is 20.7 Å². The van der Waals surface area contributed by atoms with Crippen LogP contribution in [0.25, 0.3) is 0 Å². The summed E-state index contributed by atoms with van der Waals surface area (Å²) >= 11 is 0. The van der Waals surface area contributed by atoms with Gasteiger partial charge in [0.05, 0.1) is 11.1 Å². The summed E-state index contributed by atoms with van der Waals surface area (Å²) < 4.78 is 0. The van der Waals surface area contributed by atoms with Gasteiger partial charge in [0, 0.05) is 68.9 Å². The summed E-state index contributed by atoms with van der Waals surface area (Å²) in [4.78, 5) is 21.9. The van der Waals surface area contributed by atoms with E-state index in [1.807, 2.05) is 0 Å². The SMILES string of the molecule is O=C1NC(=O)c2ccccc21.[Cs]. The molecule has 0 bridgehead atoms. The molecule has 0 aliphatic carbocycles. The predicted molar refractivity (Wildman–Crippen MR) is 44.0 cm³/mol. The second kappa shape index (κ2) is 4.08. The first-order valence-electron chi connectivity index (χ1n) is 3.24. The molecule has 4 heteroatoms. The summed E-state index contributed by atoms with van der Waals surface area (Å²) in [7, 11) is 0. The molecule has 0 saturated heterocycles. The molecule has 2 amide bonds. The van der Waals surface area contributed by atoms with Gasteiger partial charge in [-0.05, 0) is 12.1 Å². The Kier molecular flexibility index (Phi) is 3.57. The number of carbonyl (C=O) groups is 2. The topological polar surface area (TPSA) is 46.2 Å². The Morgan fingerprint density at radius 1 is 0.917 bits per heavy atom. The van der Waals surface area contributed by atoms with Crippen LogP contribution in [0, 0.1) is 0 Å². The molecule has 2 rings (SSSR count). The Labute approximate surface area is 128 Å². The molecule has 1 N–H and O–H groups in total. The Morgan fingerprint density at radius 2 is 1.33 bits per heavy atom. The van der Waals surface area contributed by atoms with Crippen LogP contribution < -0.4 is 5.32 Å². The minimum absolute atomic E-state index is 0. The normalized spacial score (nSPS) is 13.3. The Bertz CT molecular complexity index is 316. The van der Waals surface area contributed by atoms with E-state index in [0.29, 0.717) is 11.1 Å². The summed E-state index contributed by atoms with van der Waals surface area (Å²) in [6.45, 7) is 0. The van der Waals surface area contributed by atoms with E-state index in [9.17, 15) is 9.59 Å². The number of imide groups is 1. The van der Waals surface area contributed by atoms with Crippen molar-refractivity contribution < 1.29 is 9.59 Å². The Hall–Kier alpha value is 0.412. The van der Waals surface area contributed by atoms with Crippen LogP contribution in [0.2, 0.25) is 0 Å². The van der Waals surface area contributed by atoms with Crippen molar-refractivity contribution in [2.75, 3.05) is 0 Å². The monoisotopic (exact) mass is 280 g/mol. The molecular weight excluding hydrogens is 275 g/mol. The van der Waals surface area contributed by atoms with Crippen LogP contribution >= 0.6 is 0 Å². The maximum absolute atomic E-state index is 10.9. The smallest absolute Gasteiger partial charge is 0.258 e. The van der Waals surface area contributed by atoms with E-state index >= 15 is 0 Å². The van der Waals surface area contributed by atoms with Gasteiger partial charge in [-0.25, -0.2) is 0 Å². The average Bonchev–Trinajstić information content (AvgIpc) is 2.30. The van der Waals surface area contributed by atoms with Gasteiger partial charge in [-0.3, -0.25) is 14.9 Å². The first-order chi connectivity index (χ1) is 5.29. The van der Waals surface area contributed by atoms with E-state index in [1.54, 1.807) is 24.3 Å². The van der Waals surface area contributed by atoms with E-state index in [1.165, 1.54) is 0 Å². The molecule has 0 aromatic heterocycles. The number of fused-ring (bicyclic) bond motifs is 1. The second-order valence-electron chi connectivity index (χ2n) is 2.33. The van der Waals surface area contributed by atoms with E-state index in [4.69, 9.17) is 0 Å². The minimum Gasteiger partial charge on any atom is -0.288 e. The predicted octanol–water partition coefficient (Wildman–Crippen LogP) is 0.189. The fraction of sp³-hybridized carbons (Fsp3) is 0. The van der Waals surface area contributed by atoms with E-state index in [0.717, 1.165) is 0 Å². The standard InChI is InChI=1S/C8H5NO2.Cs/c10-7-5-3-1-2-4-6(5)8(11)9-7;/h1-4H,(H,9,10,11);. The molecule has 0 spiro atoms. The van der Waals surface area contributed by atoms with E-state index in [2.05, 4.69) is 5.32 Å².